The zero-order chi connectivity index (χ0) is 22.0. The maximum Gasteiger partial charge on any atom is 0.245 e. The Bertz CT molecular complexity index is 1000. The Hall–Kier alpha value is -3.15. The molecular weight excluding hydrogens is 390 g/mol. The van der Waals surface area contributed by atoms with E-state index in [0.717, 1.165) is 16.7 Å². The van der Waals surface area contributed by atoms with E-state index in [1.165, 1.54) is 5.56 Å². The Morgan fingerprint density at radius 2 is 1.90 bits per heavy atom. The van der Waals surface area contributed by atoms with Gasteiger partial charge in [0.1, 0.15) is 12.1 Å². The summed E-state index contributed by atoms with van der Waals surface area (Å²) in [4.78, 5) is 41.7. The predicted molar refractivity (Wildman–Crippen MR) is 119 cm³/mol. The van der Waals surface area contributed by atoms with Crippen LogP contribution in [0.1, 0.15) is 30.9 Å². The van der Waals surface area contributed by atoms with Gasteiger partial charge in [-0.3, -0.25) is 14.4 Å². The van der Waals surface area contributed by atoms with E-state index in [0.29, 0.717) is 38.9 Å². The molecule has 2 saturated heterocycles. The molecule has 6 heteroatoms. The topological polar surface area (TPSA) is 69.7 Å². The van der Waals surface area contributed by atoms with Gasteiger partial charge in [0.2, 0.25) is 17.7 Å². The number of benzene rings is 2. The fourth-order valence-corrected chi connectivity index (χ4v) is 4.61. The normalized spacial score (nSPS) is 21.4. The van der Waals surface area contributed by atoms with Gasteiger partial charge in [0.15, 0.2) is 0 Å². The Morgan fingerprint density at radius 3 is 2.61 bits per heavy atom. The molecule has 162 valence electrons. The summed E-state index contributed by atoms with van der Waals surface area (Å²) in [7, 11) is 0. The Balaban J connectivity index is 1.66. The van der Waals surface area contributed by atoms with Crippen molar-refractivity contribution in [3.63, 3.8) is 0 Å². The minimum atomic E-state index is -0.565. The first kappa shape index (κ1) is 21.1. The third kappa shape index (κ3) is 4.33. The molecular formula is C25H29N3O3. The Morgan fingerprint density at radius 1 is 1.10 bits per heavy atom. The molecule has 2 atom stereocenters. The molecule has 2 heterocycles. The van der Waals surface area contributed by atoms with E-state index in [1.807, 2.05) is 36.1 Å². The van der Waals surface area contributed by atoms with Crippen LogP contribution >= 0.6 is 0 Å². The molecule has 0 unspecified atom stereocenters. The van der Waals surface area contributed by atoms with E-state index in [9.17, 15) is 14.4 Å². The molecule has 31 heavy (non-hydrogen) atoms. The average Bonchev–Trinajstić information content (AvgIpc) is 3.21. The quantitative estimate of drug-likeness (QED) is 0.810. The van der Waals surface area contributed by atoms with Crippen molar-refractivity contribution < 1.29 is 14.4 Å². The highest BCUT2D eigenvalue weighted by atomic mass is 16.2. The summed E-state index contributed by atoms with van der Waals surface area (Å²) in [6, 6.07) is 15.3. The van der Waals surface area contributed by atoms with Crippen molar-refractivity contribution in [1.29, 1.82) is 0 Å². The molecule has 4 rings (SSSR count). The highest BCUT2D eigenvalue weighted by Gasteiger charge is 2.41. The van der Waals surface area contributed by atoms with E-state index in [-0.39, 0.29) is 17.7 Å². The first-order valence-electron chi connectivity index (χ1n) is 11.0. The lowest BCUT2D eigenvalue weighted by atomic mass is 9.92. The van der Waals surface area contributed by atoms with Crippen LogP contribution in [0.15, 0.2) is 48.5 Å². The van der Waals surface area contributed by atoms with Crippen LogP contribution < -0.4 is 5.32 Å². The van der Waals surface area contributed by atoms with Gasteiger partial charge in [0.25, 0.3) is 0 Å². The molecule has 3 amide bonds. The summed E-state index contributed by atoms with van der Waals surface area (Å²) in [6.45, 7) is 5.66. The second-order valence-corrected chi connectivity index (χ2v) is 8.35. The van der Waals surface area contributed by atoms with E-state index < -0.39 is 12.1 Å². The minimum Gasteiger partial charge on any atom is -0.344 e. The van der Waals surface area contributed by atoms with Crippen LogP contribution in [0, 0.1) is 6.92 Å². The molecule has 6 nitrogen and oxygen atoms in total. The molecule has 0 spiro atoms. The lowest BCUT2D eigenvalue weighted by Crippen LogP contribution is -2.62. The van der Waals surface area contributed by atoms with Gasteiger partial charge in [-0.2, -0.15) is 0 Å². The second kappa shape index (κ2) is 8.92. The fourth-order valence-electron chi connectivity index (χ4n) is 4.61. The standard InChI is InChI=1S/C25H29N3O3/c1-3-27-13-14-28(24(30)21-11-12-23(29)26-21)22(25(27)31)16-19-8-4-5-10-20(19)18-9-6-7-17(2)15-18/h4-10,15,21-22H,3,11-14,16H2,1-2H3,(H,26,29)/t21-,22-/m0/s1. The SMILES string of the molecule is CCN1CCN(C(=O)[C@@H]2CCC(=O)N2)[C@@H](Cc2ccccc2-c2cccc(C)c2)C1=O. The number of hydrogen-bond acceptors (Lipinski definition) is 3. The number of nitrogens with zero attached hydrogens (tertiary/aromatic N) is 2. The molecule has 2 fully saturated rings. The van der Waals surface area contributed by atoms with E-state index in [1.54, 1.807) is 4.90 Å². The van der Waals surface area contributed by atoms with Gasteiger partial charge < -0.3 is 15.1 Å². The number of rotatable bonds is 5. The van der Waals surface area contributed by atoms with E-state index in [4.69, 9.17) is 0 Å². The van der Waals surface area contributed by atoms with Crippen molar-refractivity contribution in [3.05, 3.63) is 59.7 Å². The molecule has 0 radical (unpaired) electrons. The van der Waals surface area contributed by atoms with Gasteiger partial charge in [0, 0.05) is 32.5 Å². The largest absolute Gasteiger partial charge is 0.344 e. The van der Waals surface area contributed by atoms with Gasteiger partial charge in [-0.1, -0.05) is 54.1 Å². The molecule has 1 N–H and O–H groups in total. The van der Waals surface area contributed by atoms with Crippen molar-refractivity contribution in [1.82, 2.24) is 15.1 Å². The minimum absolute atomic E-state index is 0.0227. The van der Waals surface area contributed by atoms with Gasteiger partial charge in [-0.15, -0.1) is 0 Å². The molecule has 2 aliphatic heterocycles. The Labute approximate surface area is 183 Å². The molecule has 0 bridgehead atoms. The summed E-state index contributed by atoms with van der Waals surface area (Å²) in [5.74, 6) is -0.267. The smallest absolute Gasteiger partial charge is 0.245 e. The van der Waals surface area contributed by atoms with E-state index in [2.05, 4.69) is 36.5 Å². The van der Waals surface area contributed by atoms with Crippen LogP contribution in [0.25, 0.3) is 11.1 Å². The van der Waals surface area contributed by atoms with Crippen molar-refractivity contribution >= 4 is 17.7 Å². The number of piperazine rings is 1. The lowest BCUT2D eigenvalue weighted by Gasteiger charge is -2.41. The van der Waals surface area contributed by atoms with Crippen LogP contribution in [-0.4, -0.2) is 59.2 Å². The van der Waals surface area contributed by atoms with Crippen LogP contribution in [-0.2, 0) is 20.8 Å². The maximum absolute atomic E-state index is 13.3. The average molecular weight is 420 g/mol. The van der Waals surface area contributed by atoms with E-state index >= 15 is 0 Å². The predicted octanol–water partition coefficient (Wildman–Crippen LogP) is 2.54. The van der Waals surface area contributed by atoms with Gasteiger partial charge in [-0.25, -0.2) is 0 Å². The van der Waals surface area contributed by atoms with Crippen molar-refractivity contribution in [2.45, 2.75) is 45.2 Å². The fraction of sp³-hybridized carbons (Fsp3) is 0.400. The molecule has 2 aromatic carbocycles. The summed E-state index contributed by atoms with van der Waals surface area (Å²) in [6.07, 6.45) is 1.30. The summed E-state index contributed by atoms with van der Waals surface area (Å²) in [5, 5.41) is 2.76. The zero-order valence-corrected chi connectivity index (χ0v) is 18.1. The summed E-state index contributed by atoms with van der Waals surface area (Å²) in [5.41, 5.74) is 4.39. The maximum atomic E-state index is 13.3. The molecule has 0 aromatic heterocycles. The highest BCUT2D eigenvalue weighted by Crippen LogP contribution is 2.28. The third-order valence-electron chi connectivity index (χ3n) is 6.30. The first-order chi connectivity index (χ1) is 15.0. The second-order valence-electron chi connectivity index (χ2n) is 8.35. The highest BCUT2D eigenvalue weighted by molar-refractivity contribution is 5.95. The van der Waals surface area contributed by atoms with Crippen LogP contribution in [0.4, 0.5) is 0 Å². The van der Waals surface area contributed by atoms with Crippen molar-refractivity contribution in [2.24, 2.45) is 0 Å². The van der Waals surface area contributed by atoms with Crippen LogP contribution in [0.3, 0.4) is 0 Å². The molecule has 0 saturated carbocycles. The monoisotopic (exact) mass is 419 g/mol. The number of amides is 3. The van der Waals surface area contributed by atoms with Crippen LogP contribution in [0.2, 0.25) is 0 Å². The van der Waals surface area contributed by atoms with Gasteiger partial charge in [-0.05, 0) is 37.0 Å². The number of carbonyl (C=O) groups excluding carboxylic acids is 3. The van der Waals surface area contributed by atoms with Crippen LogP contribution in [0.5, 0.6) is 0 Å². The number of carbonyl (C=O) groups is 3. The summed E-state index contributed by atoms with van der Waals surface area (Å²) < 4.78 is 0. The molecule has 2 aliphatic rings. The summed E-state index contributed by atoms with van der Waals surface area (Å²) >= 11 is 0. The number of aryl methyl sites for hydroxylation is 1. The molecule has 2 aromatic rings. The van der Waals surface area contributed by atoms with Crippen molar-refractivity contribution in [3.8, 4) is 11.1 Å². The third-order valence-corrected chi connectivity index (χ3v) is 6.30. The Kier molecular flexibility index (Phi) is 6.07. The first-order valence-corrected chi connectivity index (χ1v) is 11.0. The lowest BCUT2D eigenvalue weighted by molar-refractivity contribution is -0.152. The zero-order valence-electron chi connectivity index (χ0n) is 18.1. The van der Waals surface area contributed by atoms with Gasteiger partial charge >= 0.3 is 0 Å². The molecule has 0 aliphatic carbocycles. The number of likely N-dealkylation sites (N-methyl/N-ethyl adjacent to an activating group) is 1. The van der Waals surface area contributed by atoms with Crippen molar-refractivity contribution in [2.75, 3.05) is 19.6 Å². The van der Waals surface area contributed by atoms with Gasteiger partial charge in [0.05, 0.1) is 0 Å². The number of nitrogens with one attached hydrogen (secondary N) is 1. The number of hydrogen-bond donors (Lipinski definition) is 1.